The number of nitrogens with zero attached hydrogens (tertiary/aromatic N) is 3. The van der Waals surface area contributed by atoms with Crippen molar-refractivity contribution in [3.8, 4) is 6.07 Å². The summed E-state index contributed by atoms with van der Waals surface area (Å²) < 4.78 is 0. The maximum absolute atomic E-state index is 8.74. The lowest BCUT2D eigenvalue weighted by atomic mass is 10.1. The molecule has 0 aliphatic rings. The predicted octanol–water partition coefficient (Wildman–Crippen LogP) is 1.46. The van der Waals surface area contributed by atoms with Gasteiger partial charge in [-0.3, -0.25) is 0 Å². The highest BCUT2D eigenvalue weighted by Gasteiger charge is 2.05. The largest absolute Gasteiger partial charge is 0.247 e. The number of hydrogen-bond donors (Lipinski definition) is 1. The number of aromatic amines is 1. The first-order chi connectivity index (χ1) is 7.40. The van der Waals surface area contributed by atoms with Gasteiger partial charge in [-0.25, -0.2) is 5.10 Å². The van der Waals surface area contributed by atoms with Crippen molar-refractivity contribution >= 4 is 0 Å². The molecular weight excluding hydrogens is 188 g/mol. The van der Waals surface area contributed by atoms with Gasteiger partial charge in [-0.05, 0) is 18.4 Å². The Balaban J connectivity index is 2.03. The van der Waals surface area contributed by atoms with E-state index < -0.39 is 0 Å². The van der Waals surface area contributed by atoms with Gasteiger partial charge in [-0.2, -0.15) is 5.26 Å². The van der Waals surface area contributed by atoms with Crippen molar-refractivity contribution in [3.63, 3.8) is 0 Å². The molecule has 0 atom stereocenters. The van der Waals surface area contributed by atoms with E-state index >= 15 is 0 Å². The fourth-order valence-corrected chi connectivity index (χ4v) is 1.42. The van der Waals surface area contributed by atoms with Gasteiger partial charge in [0.05, 0.1) is 0 Å². The van der Waals surface area contributed by atoms with Crippen LogP contribution in [0.2, 0.25) is 0 Å². The summed E-state index contributed by atoms with van der Waals surface area (Å²) >= 11 is 0. The number of aromatic nitrogens is 3. The zero-order valence-corrected chi connectivity index (χ0v) is 8.14. The number of benzene rings is 1. The van der Waals surface area contributed by atoms with Crippen LogP contribution in [0.4, 0.5) is 0 Å². The monoisotopic (exact) mass is 198 g/mol. The molecule has 4 nitrogen and oxygen atoms in total. The molecule has 0 spiro atoms. The van der Waals surface area contributed by atoms with Crippen LogP contribution in [0.1, 0.15) is 17.0 Å². The summed E-state index contributed by atoms with van der Waals surface area (Å²) in [4.78, 5) is 0. The van der Waals surface area contributed by atoms with Gasteiger partial charge in [-0.1, -0.05) is 35.5 Å². The first-order valence-corrected chi connectivity index (χ1v) is 4.74. The van der Waals surface area contributed by atoms with Crippen LogP contribution >= 0.6 is 0 Å². The zero-order valence-electron chi connectivity index (χ0n) is 8.14. The Bertz CT molecular complexity index is 467. The molecule has 2 aromatic rings. The SMILES string of the molecule is N#Cc1[nH]nnc1CCc1ccccc1. The highest BCUT2D eigenvalue weighted by Crippen LogP contribution is 2.06. The summed E-state index contributed by atoms with van der Waals surface area (Å²) in [6.07, 6.45) is 1.62. The fraction of sp³-hybridized carbons (Fsp3) is 0.182. The number of aryl methyl sites for hydroxylation is 2. The van der Waals surface area contributed by atoms with Gasteiger partial charge in [0, 0.05) is 0 Å². The van der Waals surface area contributed by atoms with Crippen molar-refractivity contribution in [3.05, 3.63) is 47.3 Å². The normalized spacial score (nSPS) is 9.80. The van der Waals surface area contributed by atoms with Crippen LogP contribution in [0.3, 0.4) is 0 Å². The Morgan fingerprint density at radius 3 is 2.73 bits per heavy atom. The van der Waals surface area contributed by atoms with Crippen molar-refractivity contribution in [2.45, 2.75) is 12.8 Å². The number of nitriles is 1. The minimum Gasteiger partial charge on any atom is -0.247 e. The molecule has 0 unspecified atom stereocenters. The summed E-state index contributed by atoms with van der Waals surface area (Å²) in [5, 5.41) is 18.8. The molecule has 0 radical (unpaired) electrons. The Kier molecular flexibility index (Phi) is 2.75. The Morgan fingerprint density at radius 1 is 1.20 bits per heavy atom. The Morgan fingerprint density at radius 2 is 2.00 bits per heavy atom. The van der Waals surface area contributed by atoms with E-state index in [2.05, 4.69) is 27.5 Å². The van der Waals surface area contributed by atoms with Crippen LogP contribution in [0.25, 0.3) is 0 Å². The average molecular weight is 198 g/mol. The molecule has 0 aliphatic heterocycles. The lowest BCUT2D eigenvalue weighted by molar-refractivity contribution is 0.871. The highest BCUT2D eigenvalue weighted by molar-refractivity contribution is 5.25. The second-order valence-corrected chi connectivity index (χ2v) is 3.23. The fourth-order valence-electron chi connectivity index (χ4n) is 1.42. The average Bonchev–Trinajstić information content (AvgIpc) is 2.75. The van der Waals surface area contributed by atoms with Gasteiger partial charge in [0.1, 0.15) is 11.8 Å². The zero-order chi connectivity index (χ0) is 10.5. The highest BCUT2D eigenvalue weighted by atomic mass is 15.3. The molecule has 1 N–H and O–H groups in total. The van der Waals surface area contributed by atoms with Gasteiger partial charge >= 0.3 is 0 Å². The molecule has 15 heavy (non-hydrogen) atoms. The van der Waals surface area contributed by atoms with E-state index in [4.69, 9.17) is 5.26 Å². The van der Waals surface area contributed by atoms with E-state index in [-0.39, 0.29) is 0 Å². The van der Waals surface area contributed by atoms with E-state index in [1.807, 2.05) is 24.3 Å². The molecule has 0 amide bonds. The number of rotatable bonds is 3. The maximum Gasteiger partial charge on any atom is 0.158 e. The minimum absolute atomic E-state index is 0.464. The summed E-state index contributed by atoms with van der Waals surface area (Å²) in [6.45, 7) is 0. The topological polar surface area (TPSA) is 65.4 Å². The van der Waals surface area contributed by atoms with Crippen molar-refractivity contribution in [1.29, 1.82) is 5.26 Å². The molecule has 74 valence electrons. The first-order valence-electron chi connectivity index (χ1n) is 4.74. The third kappa shape index (κ3) is 2.20. The van der Waals surface area contributed by atoms with Crippen molar-refractivity contribution in [1.82, 2.24) is 15.4 Å². The van der Waals surface area contributed by atoms with Crippen LogP contribution in [0.5, 0.6) is 0 Å². The van der Waals surface area contributed by atoms with Crippen LogP contribution in [0, 0.1) is 11.3 Å². The van der Waals surface area contributed by atoms with Crippen LogP contribution in [0.15, 0.2) is 30.3 Å². The summed E-state index contributed by atoms with van der Waals surface area (Å²) in [7, 11) is 0. The number of hydrogen-bond acceptors (Lipinski definition) is 3. The van der Waals surface area contributed by atoms with E-state index in [1.165, 1.54) is 5.56 Å². The Labute approximate surface area is 87.6 Å². The minimum atomic E-state index is 0.464. The van der Waals surface area contributed by atoms with Crippen molar-refractivity contribution in [2.75, 3.05) is 0 Å². The smallest absolute Gasteiger partial charge is 0.158 e. The lowest BCUT2D eigenvalue weighted by Crippen LogP contribution is -1.94. The predicted molar refractivity (Wildman–Crippen MR) is 54.9 cm³/mol. The summed E-state index contributed by atoms with van der Waals surface area (Å²) in [5.41, 5.74) is 2.44. The van der Waals surface area contributed by atoms with Gasteiger partial charge in [-0.15, -0.1) is 5.10 Å². The molecule has 0 bridgehead atoms. The van der Waals surface area contributed by atoms with Gasteiger partial charge in [0.15, 0.2) is 5.69 Å². The quantitative estimate of drug-likeness (QED) is 0.812. The second-order valence-electron chi connectivity index (χ2n) is 3.23. The van der Waals surface area contributed by atoms with Crippen molar-refractivity contribution < 1.29 is 0 Å². The molecule has 0 saturated heterocycles. The maximum atomic E-state index is 8.74. The molecule has 0 saturated carbocycles. The number of H-pyrrole nitrogens is 1. The molecule has 1 heterocycles. The molecular formula is C11H10N4. The molecule has 1 aromatic carbocycles. The van der Waals surface area contributed by atoms with E-state index in [1.54, 1.807) is 0 Å². The summed E-state index contributed by atoms with van der Waals surface area (Å²) in [5.74, 6) is 0. The standard InChI is InChI=1S/C11H10N4/c12-8-11-10(13-15-14-11)7-6-9-4-2-1-3-5-9/h1-5H,6-7H2,(H,13,14,15). The van der Waals surface area contributed by atoms with E-state index in [0.717, 1.165) is 18.5 Å². The van der Waals surface area contributed by atoms with Gasteiger partial charge < -0.3 is 0 Å². The van der Waals surface area contributed by atoms with Crippen molar-refractivity contribution in [2.24, 2.45) is 0 Å². The molecule has 4 heteroatoms. The van der Waals surface area contributed by atoms with Crippen LogP contribution < -0.4 is 0 Å². The third-order valence-corrected chi connectivity index (χ3v) is 2.23. The van der Waals surface area contributed by atoms with E-state index in [9.17, 15) is 0 Å². The Hall–Kier alpha value is -2.15. The van der Waals surface area contributed by atoms with Gasteiger partial charge in [0.2, 0.25) is 0 Å². The third-order valence-electron chi connectivity index (χ3n) is 2.23. The van der Waals surface area contributed by atoms with Crippen LogP contribution in [-0.2, 0) is 12.8 Å². The molecule has 1 aromatic heterocycles. The van der Waals surface area contributed by atoms with Gasteiger partial charge in [0.25, 0.3) is 0 Å². The lowest BCUT2D eigenvalue weighted by Gasteiger charge is -1.97. The first kappa shape index (κ1) is 9.41. The van der Waals surface area contributed by atoms with Crippen LogP contribution in [-0.4, -0.2) is 15.4 Å². The molecule has 2 rings (SSSR count). The summed E-state index contributed by atoms with van der Waals surface area (Å²) in [6, 6.07) is 12.1. The molecule has 0 fully saturated rings. The number of nitrogens with one attached hydrogen (secondary N) is 1. The molecule has 0 aliphatic carbocycles. The second kappa shape index (κ2) is 4.38. The van der Waals surface area contributed by atoms with E-state index in [0.29, 0.717) is 5.69 Å².